The maximum absolute atomic E-state index is 13.9. The standard InChI is InChI=1S/C32H41N3O6S/c1-6-30(32(37)33-20-24(2)3)34(21-26-13-10-14-29(19-26)40-4)31(36)22-35(42(5,38)39)27-15-17-28(18-16-27)41-23-25-11-8-7-9-12-25/h7-19,24,30H,6,20-23H2,1-5H3,(H,33,37)/t30-/m0/s1. The van der Waals surface area contributed by atoms with Crippen molar-refractivity contribution in [3.05, 3.63) is 90.0 Å². The van der Waals surface area contributed by atoms with Crippen LogP contribution in [0.25, 0.3) is 0 Å². The van der Waals surface area contributed by atoms with E-state index in [2.05, 4.69) is 5.32 Å². The zero-order valence-corrected chi connectivity index (χ0v) is 25.8. The topological polar surface area (TPSA) is 105 Å². The normalized spacial score (nSPS) is 12.0. The number of carbonyl (C=O) groups is 2. The number of methoxy groups -OCH3 is 1. The molecule has 0 unspecified atom stereocenters. The Labute approximate surface area is 249 Å². The summed E-state index contributed by atoms with van der Waals surface area (Å²) < 4.78 is 38.0. The van der Waals surface area contributed by atoms with Crippen LogP contribution in [-0.2, 0) is 32.8 Å². The molecule has 10 heteroatoms. The smallest absolute Gasteiger partial charge is 0.244 e. The Balaban J connectivity index is 1.86. The molecule has 3 aromatic carbocycles. The summed E-state index contributed by atoms with van der Waals surface area (Å²) in [6.45, 7) is 6.27. The second-order valence-electron chi connectivity index (χ2n) is 10.5. The number of hydrogen-bond acceptors (Lipinski definition) is 6. The first kappa shape index (κ1) is 32.5. The number of rotatable bonds is 15. The molecule has 3 rings (SSSR count). The fourth-order valence-corrected chi connectivity index (χ4v) is 5.22. The van der Waals surface area contributed by atoms with Gasteiger partial charge in [-0.05, 0) is 59.9 Å². The van der Waals surface area contributed by atoms with Gasteiger partial charge in [-0.15, -0.1) is 0 Å². The monoisotopic (exact) mass is 595 g/mol. The molecule has 0 heterocycles. The highest BCUT2D eigenvalue weighted by Crippen LogP contribution is 2.24. The van der Waals surface area contributed by atoms with Gasteiger partial charge in [0.1, 0.15) is 30.7 Å². The van der Waals surface area contributed by atoms with E-state index >= 15 is 0 Å². The van der Waals surface area contributed by atoms with Crippen LogP contribution in [0, 0.1) is 5.92 Å². The summed E-state index contributed by atoms with van der Waals surface area (Å²) in [5.74, 6) is 0.626. The van der Waals surface area contributed by atoms with E-state index < -0.39 is 28.5 Å². The van der Waals surface area contributed by atoms with E-state index in [1.165, 1.54) is 4.90 Å². The number of carbonyl (C=O) groups excluding carboxylic acids is 2. The van der Waals surface area contributed by atoms with Crippen LogP contribution in [0.4, 0.5) is 5.69 Å². The number of nitrogens with zero attached hydrogens (tertiary/aromatic N) is 2. The van der Waals surface area contributed by atoms with E-state index in [-0.39, 0.29) is 18.4 Å². The van der Waals surface area contributed by atoms with E-state index in [9.17, 15) is 18.0 Å². The van der Waals surface area contributed by atoms with Crippen molar-refractivity contribution in [1.82, 2.24) is 10.2 Å². The minimum Gasteiger partial charge on any atom is -0.497 e. The van der Waals surface area contributed by atoms with Crippen molar-refractivity contribution in [3.8, 4) is 11.5 Å². The molecule has 0 fully saturated rings. The lowest BCUT2D eigenvalue weighted by Gasteiger charge is -2.33. The van der Waals surface area contributed by atoms with Gasteiger partial charge in [-0.2, -0.15) is 0 Å². The highest BCUT2D eigenvalue weighted by atomic mass is 32.2. The van der Waals surface area contributed by atoms with Crippen LogP contribution in [0.3, 0.4) is 0 Å². The minimum absolute atomic E-state index is 0.105. The highest BCUT2D eigenvalue weighted by molar-refractivity contribution is 7.92. The average molecular weight is 596 g/mol. The second-order valence-corrected chi connectivity index (χ2v) is 12.4. The van der Waals surface area contributed by atoms with Crippen molar-refractivity contribution in [3.63, 3.8) is 0 Å². The second kappa shape index (κ2) is 15.3. The third-order valence-electron chi connectivity index (χ3n) is 6.61. The lowest BCUT2D eigenvalue weighted by Crippen LogP contribution is -2.52. The number of anilines is 1. The van der Waals surface area contributed by atoms with Crippen molar-refractivity contribution in [2.75, 3.05) is 30.8 Å². The Bertz CT molecular complexity index is 1410. The van der Waals surface area contributed by atoms with Gasteiger partial charge in [-0.25, -0.2) is 8.42 Å². The van der Waals surface area contributed by atoms with E-state index in [0.717, 1.165) is 21.7 Å². The van der Waals surface area contributed by atoms with E-state index in [4.69, 9.17) is 9.47 Å². The first-order chi connectivity index (χ1) is 20.0. The van der Waals surface area contributed by atoms with Gasteiger partial charge in [-0.1, -0.05) is 63.2 Å². The maximum Gasteiger partial charge on any atom is 0.244 e. The molecule has 0 aliphatic rings. The van der Waals surface area contributed by atoms with Crippen molar-refractivity contribution in [1.29, 1.82) is 0 Å². The van der Waals surface area contributed by atoms with Gasteiger partial charge in [-0.3, -0.25) is 13.9 Å². The molecule has 1 atom stereocenters. The van der Waals surface area contributed by atoms with Gasteiger partial charge in [0.2, 0.25) is 21.8 Å². The van der Waals surface area contributed by atoms with E-state index in [0.29, 0.717) is 36.8 Å². The average Bonchev–Trinajstić information content (AvgIpc) is 2.98. The number of ether oxygens (including phenoxy) is 2. The molecular formula is C32H41N3O6S. The molecule has 42 heavy (non-hydrogen) atoms. The van der Waals surface area contributed by atoms with Gasteiger partial charge in [0.15, 0.2) is 0 Å². The van der Waals surface area contributed by atoms with Gasteiger partial charge in [0.05, 0.1) is 19.1 Å². The summed E-state index contributed by atoms with van der Waals surface area (Å²) in [5, 5.41) is 2.92. The molecule has 0 aliphatic heterocycles. The predicted molar refractivity (Wildman–Crippen MR) is 165 cm³/mol. The lowest BCUT2D eigenvalue weighted by atomic mass is 10.1. The number of sulfonamides is 1. The lowest BCUT2D eigenvalue weighted by molar-refractivity contribution is -0.140. The molecule has 0 spiro atoms. The van der Waals surface area contributed by atoms with Crippen molar-refractivity contribution in [2.45, 2.75) is 46.4 Å². The molecule has 0 aliphatic carbocycles. The van der Waals surface area contributed by atoms with Crippen molar-refractivity contribution >= 4 is 27.5 Å². The molecule has 0 saturated carbocycles. The maximum atomic E-state index is 13.9. The SMILES string of the molecule is CC[C@@H](C(=O)NCC(C)C)N(Cc1cccc(OC)c1)C(=O)CN(c1ccc(OCc2ccccc2)cc1)S(C)(=O)=O. The largest absolute Gasteiger partial charge is 0.497 e. The Hall–Kier alpha value is -4.05. The molecule has 9 nitrogen and oxygen atoms in total. The number of benzene rings is 3. The fraction of sp³-hybridized carbons (Fsp3) is 0.375. The van der Waals surface area contributed by atoms with Crippen LogP contribution in [0.1, 0.15) is 38.3 Å². The molecule has 0 saturated heterocycles. The zero-order chi connectivity index (χ0) is 30.7. The number of hydrogen-bond donors (Lipinski definition) is 1. The van der Waals surface area contributed by atoms with Crippen LogP contribution in [0.5, 0.6) is 11.5 Å². The molecule has 1 N–H and O–H groups in total. The third-order valence-corrected chi connectivity index (χ3v) is 7.75. The summed E-state index contributed by atoms with van der Waals surface area (Å²) in [6.07, 6.45) is 1.41. The Morgan fingerprint density at radius 3 is 2.17 bits per heavy atom. The highest BCUT2D eigenvalue weighted by Gasteiger charge is 2.31. The molecule has 226 valence electrons. The summed E-state index contributed by atoms with van der Waals surface area (Å²) in [4.78, 5) is 28.5. The predicted octanol–water partition coefficient (Wildman–Crippen LogP) is 4.62. The van der Waals surface area contributed by atoms with Crippen LogP contribution >= 0.6 is 0 Å². The molecular weight excluding hydrogens is 554 g/mol. The van der Waals surface area contributed by atoms with Crippen LogP contribution in [0.15, 0.2) is 78.9 Å². The molecule has 0 radical (unpaired) electrons. The third kappa shape index (κ3) is 9.51. The first-order valence-electron chi connectivity index (χ1n) is 14.0. The van der Waals surface area contributed by atoms with Crippen molar-refractivity contribution in [2.24, 2.45) is 5.92 Å². The Morgan fingerprint density at radius 1 is 0.905 bits per heavy atom. The Morgan fingerprint density at radius 2 is 1.57 bits per heavy atom. The molecule has 3 aromatic rings. The summed E-state index contributed by atoms with van der Waals surface area (Å²) in [7, 11) is -2.29. The summed E-state index contributed by atoms with van der Waals surface area (Å²) in [6, 6.07) is 22.7. The summed E-state index contributed by atoms with van der Waals surface area (Å²) >= 11 is 0. The fourth-order valence-electron chi connectivity index (χ4n) is 4.37. The molecule has 2 amide bonds. The molecule has 0 aromatic heterocycles. The van der Waals surface area contributed by atoms with Crippen molar-refractivity contribution < 1.29 is 27.5 Å². The molecule has 0 bridgehead atoms. The van der Waals surface area contributed by atoms with E-state index in [1.807, 2.05) is 57.2 Å². The van der Waals surface area contributed by atoms with Gasteiger partial charge in [0, 0.05) is 13.1 Å². The minimum atomic E-state index is -3.85. The van der Waals surface area contributed by atoms with E-state index in [1.54, 1.807) is 49.6 Å². The van der Waals surface area contributed by atoms with Gasteiger partial charge in [0.25, 0.3) is 0 Å². The van der Waals surface area contributed by atoms with Crippen LogP contribution in [0.2, 0.25) is 0 Å². The number of amides is 2. The van der Waals surface area contributed by atoms with Crippen LogP contribution < -0.4 is 19.1 Å². The quantitative estimate of drug-likeness (QED) is 0.275. The number of nitrogens with one attached hydrogen (secondary N) is 1. The Kier molecular flexibility index (Phi) is 11.8. The zero-order valence-electron chi connectivity index (χ0n) is 24.9. The first-order valence-corrected chi connectivity index (χ1v) is 15.8. The van der Waals surface area contributed by atoms with Gasteiger partial charge < -0.3 is 19.7 Å². The van der Waals surface area contributed by atoms with Gasteiger partial charge >= 0.3 is 0 Å². The van der Waals surface area contributed by atoms with Crippen LogP contribution in [-0.4, -0.2) is 57.6 Å². The summed E-state index contributed by atoms with van der Waals surface area (Å²) in [5.41, 5.74) is 2.07.